The monoisotopic (exact) mass is 198 g/mol. The highest BCUT2D eigenvalue weighted by Crippen LogP contribution is 2.08. The number of likely N-dealkylation sites (N-methyl/N-ethyl adjacent to an activating group) is 1. The fraction of sp³-hybridized carbons (Fsp3) is 0.909. The second kappa shape index (κ2) is 5.47. The average molecular weight is 198 g/mol. The quantitative estimate of drug-likeness (QED) is 0.673. The SMILES string of the molecule is CCN1CCN(CCC(C)=O)CC1C. The molecule has 0 spiro atoms. The van der Waals surface area contributed by atoms with Gasteiger partial charge in [0.05, 0.1) is 0 Å². The summed E-state index contributed by atoms with van der Waals surface area (Å²) in [5.74, 6) is 0.301. The van der Waals surface area contributed by atoms with Crippen LogP contribution in [0.1, 0.15) is 27.2 Å². The third kappa shape index (κ3) is 3.39. The summed E-state index contributed by atoms with van der Waals surface area (Å²) >= 11 is 0. The van der Waals surface area contributed by atoms with Crippen LogP contribution in [0.3, 0.4) is 0 Å². The first-order chi connectivity index (χ1) is 6.63. The molecule has 0 radical (unpaired) electrons. The van der Waals surface area contributed by atoms with Crippen LogP contribution in [0.25, 0.3) is 0 Å². The Morgan fingerprint density at radius 1 is 1.43 bits per heavy atom. The first-order valence-electron chi connectivity index (χ1n) is 5.59. The van der Waals surface area contributed by atoms with Crippen molar-refractivity contribution in [2.75, 3.05) is 32.7 Å². The van der Waals surface area contributed by atoms with Crippen LogP contribution < -0.4 is 0 Å². The van der Waals surface area contributed by atoms with Gasteiger partial charge in [0.15, 0.2) is 0 Å². The van der Waals surface area contributed by atoms with Crippen LogP contribution in [-0.4, -0.2) is 54.3 Å². The highest BCUT2D eigenvalue weighted by atomic mass is 16.1. The molecule has 0 aliphatic carbocycles. The van der Waals surface area contributed by atoms with Crippen molar-refractivity contribution in [2.45, 2.75) is 33.2 Å². The van der Waals surface area contributed by atoms with E-state index in [0.717, 1.165) is 32.7 Å². The van der Waals surface area contributed by atoms with Gasteiger partial charge >= 0.3 is 0 Å². The third-order valence-electron chi connectivity index (χ3n) is 3.04. The summed E-state index contributed by atoms with van der Waals surface area (Å²) in [4.78, 5) is 15.7. The molecule has 0 aromatic heterocycles. The van der Waals surface area contributed by atoms with Crippen molar-refractivity contribution in [1.82, 2.24) is 9.80 Å². The fourth-order valence-electron chi connectivity index (χ4n) is 2.06. The topological polar surface area (TPSA) is 23.6 Å². The van der Waals surface area contributed by atoms with Crippen molar-refractivity contribution < 1.29 is 4.79 Å². The van der Waals surface area contributed by atoms with Crippen molar-refractivity contribution in [2.24, 2.45) is 0 Å². The Balaban J connectivity index is 2.27. The van der Waals surface area contributed by atoms with E-state index in [0.29, 0.717) is 18.2 Å². The molecule has 1 heterocycles. The van der Waals surface area contributed by atoms with Gasteiger partial charge in [0.25, 0.3) is 0 Å². The zero-order valence-corrected chi connectivity index (χ0v) is 9.62. The van der Waals surface area contributed by atoms with Gasteiger partial charge in [0.2, 0.25) is 0 Å². The number of Topliss-reactive ketones (excluding diaryl/α,β-unsaturated/α-hetero) is 1. The molecule has 0 amide bonds. The molecule has 1 unspecified atom stereocenters. The molecular formula is C11H22N2O. The second-order valence-electron chi connectivity index (χ2n) is 4.23. The largest absolute Gasteiger partial charge is 0.300 e. The summed E-state index contributed by atoms with van der Waals surface area (Å²) in [5.41, 5.74) is 0. The summed E-state index contributed by atoms with van der Waals surface area (Å²) in [5, 5.41) is 0. The number of hydrogen-bond donors (Lipinski definition) is 0. The molecule has 1 rings (SSSR count). The van der Waals surface area contributed by atoms with E-state index in [9.17, 15) is 4.79 Å². The highest BCUT2D eigenvalue weighted by Gasteiger charge is 2.21. The van der Waals surface area contributed by atoms with Gasteiger partial charge in [0.1, 0.15) is 5.78 Å². The number of piperazine rings is 1. The minimum atomic E-state index is 0.301. The molecule has 0 bridgehead atoms. The Morgan fingerprint density at radius 3 is 2.64 bits per heavy atom. The van der Waals surface area contributed by atoms with E-state index >= 15 is 0 Å². The molecule has 1 aliphatic heterocycles. The minimum absolute atomic E-state index is 0.301. The highest BCUT2D eigenvalue weighted by molar-refractivity contribution is 5.75. The van der Waals surface area contributed by atoms with Crippen LogP contribution in [0.2, 0.25) is 0 Å². The van der Waals surface area contributed by atoms with Crippen molar-refractivity contribution in [1.29, 1.82) is 0 Å². The number of carbonyl (C=O) groups is 1. The molecule has 82 valence electrons. The van der Waals surface area contributed by atoms with E-state index in [4.69, 9.17) is 0 Å². The summed E-state index contributed by atoms with van der Waals surface area (Å²) in [6.07, 6.45) is 0.707. The third-order valence-corrected chi connectivity index (χ3v) is 3.04. The average Bonchev–Trinajstić information content (AvgIpc) is 2.15. The van der Waals surface area contributed by atoms with Crippen molar-refractivity contribution in [3.05, 3.63) is 0 Å². The van der Waals surface area contributed by atoms with Crippen LogP contribution in [-0.2, 0) is 4.79 Å². The molecule has 1 fully saturated rings. The van der Waals surface area contributed by atoms with Crippen LogP contribution in [0, 0.1) is 0 Å². The zero-order valence-electron chi connectivity index (χ0n) is 9.62. The zero-order chi connectivity index (χ0) is 10.6. The molecule has 3 nitrogen and oxygen atoms in total. The van der Waals surface area contributed by atoms with E-state index in [1.54, 1.807) is 6.92 Å². The Hall–Kier alpha value is -0.410. The lowest BCUT2D eigenvalue weighted by Gasteiger charge is -2.39. The second-order valence-corrected chi connectivity index (χ2v) is 4.23. The van der Waals surface area contributed by atoms with Gasteiger partial charge in [0, 0.05) is 38.6 Å². The van der Waals surface area contributed by atoms with Gasteiger partial charge < -0.3 is 4.90 Å². The summed E-state index contributed by atoms with van der Waals surface area (Å²) in [6.45, 7) is 11.6. The van der Waals surface area contributed by atoms with Crippen LogP contribution >= 0.6 is 0 Å². The molecule has 1 aliphatic rings. The molecule has 0 saturated carbocycles. The predicted molar refractivity (Wildman–Crippen MR) is 58.4 cm³/mol. The van der Waals surface area contributed by atoms with Crippen molar-refractivity contribution in [3.8, 4) is 0 Å². The van der Waals surface area contributed by atoms with Gasteiger partial charge in [-0.05, 0) is 20.4 Å². The number of carbonyl (C=O) groups excluding carboxylic acids is 1. The van der Waals surface area contributed by atoms with Gasteiger partial charge in [-0.3, -0.25) is 9.69 Å². The van der Waals surface area contributed by atoms with E-state index in [-0.39, 0.29) is 0 Å². The number of nitrogens with zero attached hydrogens (tertiary/aromatic N) is 2. The Labute approximate surface area is 87.1 Å². The fourth-order valence-corrected chi connectivity index (χ4v) is 2.06. The number of hydrogen-bond acceptors (Lipinski definition) is 3. The lowest BCUT2D eigenvalue weighted by atomic mass is 10.2. The Kier molecular flexibility index (Phi) is 4.55. The van der Waals surface area contributed by atoms with Crippen LogP contribution in [0.15, 0.2) is 0 Å². The van der Waals surface area contributed by atoms with E-state index < -0.39 is 0 Å². The van der Waals surface area contributed by atoms with Crippen LogP contribution in [0.5, 0.6) is 0 Å². The maximum absolute atomic E-state index is 10.9. The molecular weight excluding hydrogens is 176 g/mol. The maximum atomic E-state index is 10.9. The Morgan fingerprint density at radius 2 is 2.14 bits per heavy atom. The van der Waals surface area contributed by atoms with Crippen molar-refractivity contribution >= 4 is 5.78 Å². The first kappa shape index (κ1) is 11.7. The van der Waals surface area contributed by atoms with E-state index in [1.165, 1.54) is 0 Å². The van der Waals surface area contributed by atoms with E-state index in [2.05, 4.69) is 23.6 Å². The first-order valence-corrected chi connectivity index (χ1v) is 5.59. The lowest BCUT2D eigenvalue weighted by molar-refractivity contribution is -0.117. The smallest absolute Gasteiger partial charge is 0.131 e. The van der Waals surface area contributed by atoms with Gasteiger partial charge in [-0.1, -0.05) is 6.92 Å². The number of ketones is 1. The van der Waals surface area contributed by atoms with Gasteiger partial charge in [-0.25, -0.2) is 0 Å². The normalized spacial score (nSPS) is 25.2. The number of rotatable bonds is 4. The predicted octanol–water partition coefficient (Wildman–Crippen LogP) is 0.991. The molecule has 0 aromatic rings. The summed E-state index contributed by atoms with van der Waals surface area (Å²) < 4.78 is 0. The van der Waals surface area contributed by atoms with Gasteiger partial charge in [-0.2, -0.15) is 0 Å². The molecule has 0 N–H and O–H groups in total. The van der Waals surface area contributed by atoms with Gasteiger partial charge in [-0.15, -0.1) is 0 Å². The van der Waals surface area contributed by atoms with E-state index in [1.807, 2.05) is 0 Å². The molecule has 1 saturated heterocycles. The van der Waals surface area contributed by atoms with Crippen molar-refractivity contribution in [3.63, 3.8) is 0 Å². The summed E-state index contributed by atoms with van der Waals surface area (Å²) in [7, 11) is 0. The standard InChI is InChI=1S/C11H22N2O/c1-4-13-8-7-12(9-10(13)2)6-5-11(3)14/h10H,4-9H2,1-3H3. The molecule has 1 atom stereocenters. The van der Waals surface area contributed by atoms with Crippen LogP contribution in [0.4, 0.5) is 0 Å². The lowest BCUT2D eigenvalue weighted by Crippen LogP contribution is -2.51. The minimum Gasteiger partial charge on any atom is -0.300 e. The maximum Gasteiger partial charge on any atom is 0.131 e. The molecule has 0 aromatic carbocycles. The summed E-state index contributed by atoms with van der Waals surface area (Å²) in [6, 6.07) is 0.640. The molecule has 14 heavy (non-hydrogen) atoms. The Bertz CT molecular complexity index is 194. The molecule has 3 heteroatoms.